The SMILES string of the molecule is Cc1ccc(S(=O)(=O)N(CC(=O)NN=C2CCN(Cc3ccccc3)CC2)c2ccc(Cl)cc2C)cc1. The molecule has 0 unspecified atom stereocenters. The van der Waals surface area contributed by atoms with Crippen molar-refractivity contribution in [2.24, 2.45) is 5.10 Å². The summed E-state index contributed by atoms with van der Waals surface area (Å²) in [5.74, 6) is -0.510. The first-order chi connectivity index (χ1) is 17.7. The Morgan fingerprint density at radius 3 is 2.32 bits per heavy atom. The van der Waals surface area contributed by atoms with E-state index < -0.39 is 22.5 Å². The van der Waals surface area contributed by atoms with E-state index >= 15 is 0 Å². The Morgan fingerprint density at radius 1 is 1.00 bits per heavy atom. The number of nitrogens with zero attached hydrogens (tertiary/aromatic N) is 3. The Morgan fingerprint density at radius 2 is 1.68 bits per heavy atom. The standard InChI is InChI=1S/C28H31ClN4O3S/c1-21-8-11-26(12-9-21)37(35,36)33(27-13-10-24(29)18-22(27)2)20-28(34)31-30-25-14-16-32(17-15-25)19-23-6-4-3-5-7-23/h3-13,18H,14-17,19-20H2,1-2H3,(H,31,34). The molecule has 37 heavy (non-hydrogen) atoms. The Bertz CT molecular complexity index is 1370. The van der Waals surface area contributed by atoms with Gasteiger partial charge in [-0.3, -0.25) is 14.0 Å². The molecule has 194 valence electrons. The number of likely N-dealkylation sites (tertiary alicyclic amines) is 1. The number of anilines is 1. The molecule has 9 heteroatoms. The summed E-state index contributed by atoms with van der Waals surface area (Å²) in [6.07, 6.45) is 1.49. The molecule has 4 rings (SSSR count). The molecule has 0 saturated carbocycles. The number of aryl methyl sites for hydroxylation is 2. The number of rotatable bonds is 8. The third kappa shape index (κ3) is 6.97. The minimum atomic E-state index is -4.01. The molecule has 1 amide bonds. The molecule has 1 saturated heterocycles. The van der Waals surface area contributed by atoms with E-state index in [0.717, 1.165) is 48.1 Å². The zero-order valence-corrected chi connectivity index (χ0v) is 22.6. The first-order valence-corrected chi connectivity index (χ1v) is 14.0. The van der Waals surface area contributed by atoms with E-state index in [0.29, 0.717) is 16.3 Å². The summed E-state index contributed by atoms with van der Waals surface area (Å²) in [5, 5.41) is 4.81. The van der Waals surface area contributed by atoms with E-state index in [-0.39, 0.29) is 4.90 Å². The topological polar surface area (TPSA) is 82.1 Å². The van der Waals surface area contributed by atoms with Crippen LogP contribution in [0.1, 0.15) is 29.5 Å². The van der Waals surface area contributed by atoms with Gasteiger partial charge in [0.1, 0.15) is 6.54 Å². The van der Waals surface area contributed by atoms with Gasteiger partial charge in [-0.15, -0.1) is 0 Å². The zero-order valence-electron chi connectivity index (χ0n) is 21.0. The van der Waals surface area contributed by atoms with E-state index in [4.69, 9.17) is 11.6 Å². The fourth-order valence-corrected chi connectivity index (χ4v) is 5.98. The maximum Gasteiger partial charge on any atom is 0.264 e. The van der Waals surface area contributed by atoms with Crippen molar-refractivity contribution in [2.75, 3.05) is 23.9 Å². The van der Waals surface area contributed by atoms with E-state index in [9.17, 15) is 13.2 Å². The molecule has 3 aromatic carbocycles. The zero-order chi connectivity index (χ0) is 26.4. The summed E-state index contributed by atoms with van der Waals surface area (Å²) in [4.78, 5) is 15.4. The molecule has 1 N–H and O–H groups in total. The number of carbonyl (C=O) groups excluding carboxylic acids is 1. The third-order valence-electron chi connectivity index (χ3n) is 6.34. The lowest BCUT2D eigenvalue weighted by atomic mass is 10.1. The fourth-order valence-electron chi connectivity index (χ4n) is 4.27. The highest BCUT2D eigenvalue weighted by molar-refractivity contribution is 7.92. The van der Waals surface area contributed by atoms with Crippen molar-refractivity contribution in [3.05, 3.63) is 94.5 Å². The van der Waals surface area contributed by atoms with Gasteiger partial charge in [0, 0.05) is 43.2 Å². The lowest BCUT2D eigenvalue weighted by molar-refractivity contribution is -0.119. The predicted molar refractivity (Wildman–Crippen MR) is 148 cm³/mol. The van der Waals surface area contributed by atoms with Gasteiger partial charge in [-0.2, -0.15) is 5.10 Å². The smallest absolute Gasteiger partial charge is 0.264 e. The van der Waals surface area contributed by atoms with Crippen LogP contribution in [0, 0.1) is 13.8 Å². The molecule has 0 atom stereocenters. The van der Waals surface area contributed by atoms with Crippen molar-refractivity contribution < 1.29 is 13.2 Å². The molecular formula is C28H31ClN4O3S. The Labute approximate surface area is 223 Å². The average molecular weight is 539 g/mol. The predicted octanol–water partition coefficient (Wildman–Crippen LogP) is 4.92. The van der Waals surface area contributed by atoms with Crippen LogP contribution in [0.5, 0.6) is 0 Å². The number of nitrogens with one attached hydrogen (secondary N) is 1. The van der Waals surface area contributed by atoms with Crippen LogP contribution in [-0.4, -0.2) is 44.6 Å². The van der Waals surface area contributed by atoms with Gasteiger partial charge in [0.25, 0.3) is 15.9 Å². The molecule has 0 spiro atoms. The van der Waals surface area contributed by atoms with Crippen molar-refractivity contribution in [1.82, 2.24) is 10.3 Å². The van der Waals surface area contributed by atoms with Crippen LogP contribution < -0.4 is 9.73 Å². The molecule has 1 heterocycles. The largest absolute Gasteiger partial charge is 0.298 e. The van der Waals surface area contributed by atoms with E-state index in [1.54, 1.807) is 49.4 Å². The summed E-state index contributed by atoms with van der Waals surface area (Å²) in [6, 6.07) is 21.8. The molecule has 0 aliphatic carbocycles. The number of halogens is 1. The maximum atomic E-state index is 13.6. The van der Waals surface area contributed by atoms with E-state index in [2.05, 4.69) is 27.6 Å². The number of carbonyl (C=O) groups is 1. The molecule has 1 aliphatic heterocycles. The Hall–Kier alpha value is -3.20. The van der Waals surface area contributed by atoms with Crippen LogP contribution in [0.4, 0.5) is 5.69 Å². The first-order valence-electron chi connectivity index (χ1n) is 12.2. The monoisotopic (exact) mass is 538 g/mol. The first kappa shape index (κ1) is 26.9. The highest BCUT2D eigenvalue weighted by atomic mass is 35.5. The molecular weight excluding hydrogens is 508 g/mol. The van der Waals surface area contributed by atoms with Gasteiger partial charge < -0.3 is 0 Å². The highest BCUT2D eigenvalue weighted by Gasteiger charge is 2.28. The van der Waals surface area contributed by atoms with Crippen LogP contribution in [0.15, 0.2) is 82.8 Å². The lowest BCUT2D eigenvalue weighted by Crippen LogP contribution is -2.40. The number of amides is 1. The van der Waals surface area contributed by atoms with Gasteiger partial charge in [-0.05, 0) is 55.3 Å². The second-order valence-electron chi connectivity index (χ2n) is 9.23. The van der Waals surface area contributed by atoms with Gasteiger partial charge in [0.15, 0.2) is 0 Å². The summed E-state index contributed by atoms with van der Waals surface area (Å²) in [6.45, 7) is 5.82. The number of hydrazone groups is 1. The number of sulfonamides is 1. The van der Waals surface area contributed by atoms with Gasteiger partial charge >= 0.3 is 0 Å². The van der Waals surface area contributed by atoms with Gasteiger partial charge in [-0.1, -0.05) is 59.6 Å². The Balaban J connectivity index is 1.45. The van der Waals surface area contributed by atoms with Crippen molar-refractivity contribution in [2.45, 2.75) is 38.1 Å². The Kier molecular flexibility index (Phi) is 8.63. The van der Waals surface area contributed by atoms with E-state index in [1.165, 1.54) is 5.56 Å². The van der Waals surface area contributed by atoms with Crippen LogP contribution in [0.2, 0.25) is 5.02 Å². The highest BCUT2D eigenvalue weighted by Crippen LogP contribution is 2.29. The number of benzene rings is 3. The summed E-state index contributed by atoms with van der Waals surface area (Å²) in [7, 11) is -4.01. The van der Waals surface area contributed by atoms with Crippen molar-refractivity contribution >= 4 is 38.9 Å². The van der Waals surface area contributed by atoms with Crippen LogP contribution >= 0.6 is 11.6 Å². The van der Waals surface area contributed by atoms with Crippen LogP contribution in [0.25, 0.3) is 0 Å². The van der Waals surface area contributed by atoms with Crippen LogP contribution in [-0.2, 0) is 21.4 Å². The van der Waals surface area contributed by atoms with E-state index in [1.807, 2.05) is 25.1 Å². The summed E-state index contributed by atoms with van der Waals surface area (Å²) < 4.78 is 28.3. The van der Waals surface area contributed by atoms with Crippen molar-refractivity contribution in [3.8, 4) is 0 Å². The average Bonchev–Trinajstić information content (AvgIpc) is 2.88. The molecule has 0 aromatic heterocycles. The molecule has 1 aliphatic rings. The fraction of sp³-hybridized carbons (Fsp3) is 0.286. The van der Waals surface area contributed by atoms with Gasteiger partial charge in [-0.25, -0.2) is 13.8 Å². The van der Waals surface area contributed by atoms with Gasteiger partial charge in [0.2, 0.25) is 0 Å². The minimum absolute atomic E-state index is 0.109. The third-order valence-corrected chi connectivity index (χ3v) is 8.35. The minimum Gasteiger partial charge on any atom is -0.298 e. The second-order valence-corrected chi connectivity index (χ2v) is 11.5. The molecule has 3 aromatic rings. The summed E-state index contributed by atoms with van der Waals surface area (Å²) >= 11 is 6.10. The van der Waals surface area contributed by atoms with Crippen molar-refractivity contribution in [1.29, 1.82) is 0 Å². The number of piperidine rings is 1. The van der Waals surface area contributed by atoms with Gasteiger partial charge in [0.05, 0.1) is 10.6 Å². The molecule has 1 fully saturated rings. The molecule has 7 nitrogen and oxygen atoms in total. The maximum absolute atomic E-state index is 13.6. The van der Waals surface area contributed by atoms with Crippen molar-refractivity contribution in [3.63, 3.8) is 0 Å². The lowest BCUT2D eigenvalue weighted by Gasteiger charge is -2.27. The molecule has 0 bridgehead atoms. The second kappa shape index (κ2) is 11.9. The van der Waals surface area contributed by atoms with Crippen LogP contribution in [0.3, 0.4) is 0 Å². The summed E-state index contributed by atoms with van der Waals surface area (Å²) in [5.41, 5.74) is 6.72. The quantitative estimate of drug-likeness (QED) is 0.413. The normalized spacial score (nSPS) is 14.3. The number of hydrogen-bond acceptors (Lipinski definition) is 5. The number of hydrogen-bond donors (Lipinski definition) is 1. The molecule has 0 radical (unpaired) electrons.